The first-order valence-electron chi connectivity index (χ1n) is 6.73. The summed E-state index contributed by atoms with van der Waals surface area (Å²) in [5.41, 5.74) is -1.72. The number of rotatable bonds is 3. The molecule has 3 aromatic rings. The number of aryl methyl sites for hydroxylation is 1. The number of alkyl halides is 3. The van der Waals surface area contributed by atoms with Crippen LogP contribution in [0.25, 0.3) is 5.82 Å². The predicted molar refractivity (Wildman–Crippen MR) is 80.9 cm³/mol. The summed E-state index contributed by atoms with van der Waals surface area (Å²) in [7, 11) is 1.68. The SMILES string of the molecule is Cn1cc(Oc2cnn(-c3ccc(C(F)(F)F)cn3)c(=O)c2Cl)cn1. The van der Waals surface area contributed by atoms with E-state index < -0.39 is 17.3 Å². The van der Waals surface area contributed by atoms with Crippen molar-refractivity contribution in [2.75, 3.05) is 0 Å². The Hall–Kier alpha value is -2.88. The largest absolute Gasteiger partial charge is 0.451 e. The average Bonchev–Trinajstić information content (AvgIpc) is 2.96. The van der Waals surface area contributed by atoms with Crippen LogP contribution >= 0.6 is 11.6 Å². The van der Waals surface area contributed by atoms with Crippen LogP contribution in [0.4, 0.5) is 13.2 Å². The van der Waals surface area contributed by atoms with Gasteiger partial charge < -0.3 is 4.74 Å². The van der Waals surface area contributed by atoms with E-state index in [2.05, 4.69) is 15.2 Å². The Labute approximate surface area is 143 Å². The first kappa shape index (κ1) is 17.0. The van der Waals surface area contributed by atoms with Gasteiger partial charge in [0.1, 0.15) is 0 Å². The fourth-order valence-electron chi connectivity index (χ4n) is 1.91. The molecule has 3 rings (SSSR count). The summed E-state index contributed by atoms with van der Waals surface area (Å²) in [4.78, 5) is 15.9. The van der Waals surface area contributed by atoms with E-state index in [1.807, 2.05) is 0 Å². The number of halogens is 4. The van der Waals surface area contributed by atoms with Crippen molar-refractivity contribution >= 4 is 11.6 Å². The zero-order valence-corrected chi connectivity index (χ0v) is 13.3. The van der Waals surface area contributed by atoms with Crippen LogP contribution in [-0.2, 0) is 13.2 Å². The first-order chi connectivity index (χ1) is 11.8. The highest BCUT2D eigenvalue weighted by Gasteiger charge is 2.30. The molecule has 0 unspecified atom stereocenters. The van der Waals surface area contributed by atoms with E-state index in [1.54, 1.807) is 13.2 Å². The molecule has 0 bridgehead atoms. The van der Waals surface area contributed by atoms with Gasteiger partial charge in [-0.3, -0.25) is 9.48 Å². The zero-order valence-electron chi connectivity index (χ0n) is 12.5. The molecule has 0 aliphatic heterocycles. The molecule has 0 aromatic carbocycles. The molecule has 130 valence electrons. The molecule has 0 fully saturated rings. The topological polar surface area (TPSA) is 74.8 Å². The molecule has 0 saturated carbocycles. The highest BCUT2D eigenvalue weighted by Crippen LogP contribution is 2.29. The minimum absolute atomic E-state index is 0.0113. The summed E-state index contributed by atoms with van der Waals surface area (Å²) < 4.78 is 45.3. The third-order valence-electron chi connectivity index (χ3n) is 3.09. The molecule has 0 atom stereocenters. The highest BCUT2D eigenvalue weighted by atomic mass is 35.5. The number of ether oxygens (including phenoxy) is 1. The molecule has 0 radical (unpaired) electrons. The van der Waals surface area contributed by atoms with Gasteiger partial charge in [0.15, 0.2) is 22.3 Å². The lowest BCUT2D eigenvalue weighted by molar-refractivity contribution is -0.137. The van der Waals surface area contributed by atoms with Crippen molar-refractivity contribution in [1.29, 1.82) is 0 Å². The standard InChI is InChI=1S/C14H9ClF3N5O2/c1-22-7-9(5-20-22)25-10-6-21-23(13(24)12(10)15)11-3-2-8(4-19-11)14(16,17)18/h2-7H,1H3. The summed E-state index contributed by atoms with van der Waals surface area (Å²) in [5, 5.41) is 7.44. The highest BCUT2D eigenvalue weighted by molar-refractivity contribution is 6.31. The van der Waals surface area contributed by atoms with E-state index >= 15 is 0 Å². The number of hydrogen-bond acceptors (Lipinski definition) is 5. The molecule has 7 nitrogen and oxygen atoms in total. The van der Waals surface area contributed by atoms with E-state index in [4.69, 9.17) is 16.3 Å². The lowest BCUT2D eigenvalue weighted by Gasteiger charge is -2.09. The second-order valence-corrected chi connectivity index (χ2v) is 5.27. The van der Waals surface area contributed by atoms with Crippen molar-refractivity contribution in [2.45, 2.75) is 6.18 Å². The molecule has 3 heterocycles. The van der Waals surface area contributed by atoms with Gasteiger partial charge in [0.05, 0.1) is 24.2 Å². The van der Waals surface area contributed by atoms with Crippen molar-refractivity contribution in [1.82, 2.24) is 24.5 Å². The summed E-state index contributed by atoms with van der Waals surface area (Å²) >= 11 is 5.98. The van der Waals surface area contributed by atoms with E-state index in [0.717, 1.165) is 23.0 Å². The monoisotopic (exact) mass is 371 g/mol. The fourth-order valence-corrected chi connectivity index (χ4v) is 2.08. The number of hydrogen-bond donors (Lipinski definition) is 0. The summed E-state index contributed by atoms with van der Waals surface area (Å²) in [6.45, 7) is 0. The number of aromatic nitrogens is 5. The molecule has 3 aromatic heterocycles. The van der Waals surface area contributed by atoms with Gasteiger partial charge in [0.2, 0.25) is 0 Å². The lowest BCUT2D eigenvalue weighted by Crippen LogP contribution is -2.22. The van der Waals surface area contributed by atoms with Gasteiger partial charge in [-0.05, 0) is 12.1 Å². The first-order valence-corrected chi connectivity index (χ1v) is 7.11. The maximum Gasteiger partial charge on any atom is 0.417 e. The molecule has 0 aliphatic rings. The van der Waals surface area contributed by atoms with Crippen molar-refractivity contribution in [3.63, 3.8) is 0 Å². The Bertz CT molecular complexity index is 966. The molecule has 0 amide bonds. The summed E-state index contributed by atoms with van der Waals surface area (Å²) in [6.07, 6.45) is 0.217. The predicted octanol–water partition coefficient (Wildman–Crippen LogP) is 2.83. The van der Waals surface area contributed by atoms with Crippen molar-refractivity contribution in [3.8, 4) is 17.3 Å². The van der Waals surface area contributed by atoms with Crippen LogP contribution in [-0.4, -0.2) is 24.5 Å². The minimum atomic E-state index is -4.52. The van der Waals surface area contributed by atoms with Crippen LogP contribution < -0.4 is 10.3 Å². The maximum atomic E-state index is 12.6. The fraction of sp³-hybridized carbons (Fsp3) is 0.143. The third-order valence-corrected chi connectivity index (χ3v) is 3.44. The number of pyridine rings is 1. The molecule has 0 spiro atoms. The Kier molecular flexibility index (Phi) is 4.21. The Morgan fingerprint density at radius 2 is 1.92 bits per heavy atom. The minimum Gasteiger partial charge on any atom is -0.451 e. The zero-order chi connectivity index (χ0) is 18.2. The number of nitrogens with zero attached hydrogens (tertiary/aromatic N) is 5. The Morgan fingerprint density at radius 1 is 1.16 bits per heavy atom. The Balaban J connectivity index is 1.93. The molecule has 0 saturated heterocycles. The van der Waals surface area contributed by atoms with E-state index in [1.165, 1.54) is 10.9 Å². The van der Waals surface area contributed by atoms with Crippen LogP contribution in [0.1, 0.15) is 5.56 Å². The molecule has 25 heavy (non-hydrogen) atoms. The normalized spacial score (nSPS) is 11.6. The van der Waals surface area contributed by atoms with Gasteiger partial charge in [0.25, 0.3) is 5.56 Å². The van der Waals surface area contributed by atoms with Gasteiger partial charge in [-0.25, -0.2) is 4.98 Å². The maximum absolute atomic E-state index is 12.6. The van der Waals surface area contributed by atoms with Gasteiger partial charge >= 0.3 is 6.18 Å². The lowest BCUT2D eigenvalue weighted by atomic mass is 10.3. The molecule has 11 heteroatoms. The van der Waals surface area contributed by atoms with Crippen LogP contribution in [0.5, 0.6) is 11.5 Å². The van der Waals surface area contributed by atoms with Crippen LogP contribution in [0, 0.1) is 0 Å². The molecule has 0 aliphatic carbocycles. The summed E-state index contributed by atoms with van der Waals surface area (Å²) in [5.74, 6) is 0.228. The van der Waals surface area contributed by atoms with Gasteiger partial charge in [-0.15, -0.1) is 0 Å². The van der Waals surface area contributed by atoms with E-state index in [9.17, 15) is 18.0 Å². The van der Waals surface area contributed by atoms with Crippen molar-refractivity contribution in [2.24, 2.45) is 7.05 Å². The summed E-state index contributed by atoms with van der Waals surface area (Å²) in [6, 6.07) is 1.82. The third kappa shape index (κ3) is 3.48. The Morgan fingerprint density at radius 3 is 2.48 bits per heavy atom. The van der Waals surface area contributed by atoms with Crippen LogP contribution in [0.15, 0.2) is 41.7 Å². The van der Waals surface area contributed by atoms with Crippen molar-refractivity contribution in [3.05, 3.63) is 57.9 Å². The molecular formula is C14H9ClF3N5O2. The van der Waals surface area contributed by atoms with Gasteiger partial charge in [-0.2, -0.15) is 28.1 Å². The average molecular weight is 372 g/mol. The van der Waals surface area contributed by atoms with Crippen molar-refractivity contribution < 1.29 is 17.9 Å². The quantitative estimate of drug-likeness (QED) is 0.707. The van der Waals surface area contributed by atoms with Gasteiger partial charge in [-0.1, -0.05) is 11.6 Å². The van der Waals surface area contributed by atoms with E-state index in [0.29, 0.717) is 11.9 Å². The smallest absolute Gasteiger partial charge is 0.417 e. The molecule has 0 N–H and O–H groups in total. The van der Waals surface area contributed by atoms with E-state index in [-0.39, 0.29) is 16.6 Å². The molecular weight excluding hydrogens is 363 g/mol. The second kappa shape index (κ2) is 6.20. The van der Waals surface area contributed by atoms with Gasteiger partial charge in [0, 0.05) is 13.2 Å². The van der Waals surface area contributed by atoms with Crippen LogP contribution in [0.3, 0.4) is 0 Å². The van der Waals surface area contributed by atoms with Crippen LogP contribution in [0.2, 0.25) is 5.02 Å². The second-order valence-electron chi connectivity index (χ2n) is 4.89.